The fourth-order valence-electron chi connectivity index (χ4n) is 2.42. The van der Waals surface area contributed by atoms with Crippen molar-refractivity contribution in [3.8, 4) is 5.88 Å². The topological polar surface area (TPSA) is 79.5 Å². The summed E-state index contributed by atoms with van der Waals surface area (Å²) in [5, 5.41) is 0. The molecule has 0 aromatic carbocycles. The molecule has 112 valence electrons. The predicted octanol–water partition coefficient (Wildman–Crippen LogP) is 1.93. The molecular formula is C14H23N3O3. The average Bonchev–Trinajstić information content (AvgIpc) is 2.34. The Hall–Kier alpha value is -1.40. The van der Waals surface area contributed by atoms with Gasteiger partial charge >= 0.3 is 0 Å². The van der Waals surface area contributed by atoms with Crippen LogP contribution in [0.2, 0.25) is 0 Å². The van der Waals surface area contributed by atoms with Crippen LogP contribution < -0.4 is 10.5 Å². The summed E-state index contributed by atoms with van der Waals surface area (Å²) >= 11 is 0. The molecule has 0 aliphatic carbocycles. The molecule has 2 unspecified atom stereocenters. The zero-order valence-electron chi connectivity index (χ0n) is 12.3. The Labute approximate surface area is 119 Å². The molecule has 0 spiro atoms. The van der Waals surface area contributed by atoms with Crippen LogP contribution in [0.1, 0.15) is 39.4 Å². The first-order chi connectivity index (χ1) is 9.56. The summed E-state index contributed by atoms with van der Waals surface area (Å²) in [5.74, 6) is 1.46. The standard InChI is InChI=1S/C14H23N3O3/c1-4-18-8-13-16-12(15)7-14(17-13)20-11-5-9(2)19-10(3)6-11/h7,9-11H,4-6,8H2,1-3H3,(H2,15,16,17). The van der Waals surface area contributed by atoms with E-state index in [0.717, 1.165) is 12.8 Å². The summed E-state index contributed by atoms with van der Waals surface area (Å²) in [5.41, 5.74) is 5.78. The van der Waals surface area contributed by atoms with Gasteiger partial charge in [-0.25, -0.2) is 4.98 Å². The smallest absolute Gasteiger partial charge is 0.219 e. The summed E-state index contributed by atoms with van der Waals surface area (Å²) < 4.78 is 16.9. The van der Waals surface area contributed by atoms with E-state index in [1.165, 1.54) is 0 Å². The number of ether oxygens (including phenoxy) is 3. The minimum absolute atomic E-state index is 0.1000. The van der Waals surface area contributed by atoms with Crippen LogP contribution in [0, 0.1) is 0 Å². The summed E-state index contributed by atoms with van der Waals surface area (Å²) in [6.07, 6.45) is 2.21. The van der Waals surface area contributed by atoms with Crippen molar-refractivity contribution in [2.75, 3.05) is 12.3 Å². The van der Waals surface area contributed by atoms with E-state index in [1.54, 1.807) is 6.07 Å². The molecule has 6 heteroatoms. The van der Waals surface area contributed by atoms with Crippen LogP contribution in [0.5, 0.6) is 5.88 Å². The second-order valence-corrected chi connectivity index (χ2v) is 5.15. The Balaban J connectivity index is 2.02. The maximum Gasteiger partial charge on any atom is 0.219 e. The first-order valence-corrected chi connectivity index (χ1v) is 7.10. The highest BCUT2D eigenvalue weighted by Gasteiger charge is 2.26. The molecule has 0 amide bonds. The van der Waals surface area contributed by atoms with E-state index in [0.29, 0.717) is 30.7 Å². The molecule has 1 aromatic heterocycles. The van der Waals surface area contributed by atoms with Crippen LogP contribution >= 0.6 is 0 Å². The Morgan fingerprint density at radius 2 is 2.00 bits per heavy atom. The highest BCUT2D eigenvalue weighted by Crippen LogP contribution is 2.24. The van der Waals surface area contributed by atoms with Crippen molar-refractivity contribution in [1.29, 1.82) is 0 Å². The number of nitrogens with zero attached hydrogens (tertiary/aromatic N) is 2. The Bertz CT molecular complexity index is 432. The molecule has 2 atom stereocenters. The molecule has 0 radical (unpaired) electrons. The molecule has 20 heavy (non-hydrogen) atoms. The van der Waals surface area contributed by atoms with Gasteiger partial charge in [0.05, 0.1) is 12.2 Å². The summed E-state index contributed by atoms with van der Waals surface area (Å²) in [7, 11) is 0. The maximum atomic E-state index is 5.93. The van der Waals surface area contributed by atoms with Gasteiger partial charge in [-0.1, -0.05) is 0 Å². The van der Waals surface area contributed by atoms with E-state index in [-0.39, 0.29) is 18.3 Å². The third-order valence-corrected chi connectivity index (χ3v) is 3.15. The van der Waals surface area contributed by atoms with Crippen molar-refractivity contribution in [1.82, 2.24) is 9.97 Å². The Morgan fingerprint density at radius 1 is 1.30 bits per heavy atom. The normalized spacial score (nSPS) is 26.4. The van der Waals surface area contributed by atoms with Crippen molar-refractivity contribution in [2.45, 2.75) is 58.5 Å². The molecule has 2 heterocycles. The van der Waals surface area contributed by atoms with E-state index >= 15 is 0 Å². The Kier molecular flexibility index (Phi) is 5.14. The van der Waals surface area contributed by atoms with E-state index in [9.17, 15) is 0 Å². The highest BCUT2D eigenvalue weighted by atomic mass is 16.5. The lowest BCUT2D eigenvalue weighted by molar-refractivity contribution is -0.0730. The SMILES string of the molecule is CCOCc1nc(N)cc(OC2CC(C)OC(C)C2)n1. The molecule has 0 bridgehead atoms. The van der Waals surface area contributed by atoms with Gasteiger partial charge in [-0.2, -0.15) is 4.98 Å². The summed E-state index contributed by atoms with van der Waals surface area (Å²) in [6, 6.07) is 1.65. The molecule has 2 rings (SSSR count). The number of hydrogen-bond donors (Lipinski definition) is 1. The molecule has 1 aliphatic rings. The summed E-state index contributed by atoms with van der Waals surface area (Å²) in [4.78, 5) is 8.47. The van der Waals surface area contributed by atoms with Crippen molar-refractivity contribution >= 4 is 5.82 Å². The Morgan fingerprint density at radius 3 is 2.65 bits per heavy atom. The second kappa shape index (κ2) is 6.85. The minimum atomic E-state index is 0.1000. The van der Waals surface area contributed by atoms with Gasteiger partial charge in [-0.15, -0.1) is 0 Å². The number of hydrogen-bond acceptors (Lipinski definition) is 6. The average molecular weight is 281 g/mol. The fourth-order valence-corrected chi connectivity index (χ4v) is 2.42. The van der Waals surface area contributed by atoms with Crippen LogP contribution in [-0.2, 0) is 16.1 Å². The van der Waals surface area contributed by atoms with Crippen molar-refractivity contribution in [3.63, 3.8) is 0 Å². The monoisotopic (exact) mass is 281 g/mol. The number of aromatic nitrogens is 2. The molecular weight excluding hydrogens is 258 g/mol. The second-order valence-electron chi connectivity index (χ2n) is 5.15. The van der Waals surface area contributed by atoms with Gasteiger partial charge in [0, 0.05) is 25.5 Å². The highest BCUT2D eigenvalue weighted by molar-refractivity contribution is 5.32. The predicted molar refractivity (Wildman–Crippen MR) is 75.4 cm³/mol. The fraction of sp³-hybridized carbons (Fsp3) is 0.714. The van der Waals surface area contributed by atoms with Gasteiger partial charge in [0.15, 0.2) is 5.82 Å². The van der Waals surface area contributed by atoms with Gasteiger partial charge in [-0.05, 0) is 20.8 Å². The third kappa shape index (κ3) is 4.31. The minimum Gasteiger partial charge on any atom is -0.474 e. The van der Waals surface area contributed by atoms with Gasteiger partial charge in [0.2, 0.25) is 5.88 Å². The van der Waals surface area contributed by atoms with Gasteiger partial charge in [-0.3, -0.25) is 0 Å². The lowest BCUT2D eigenvalue weighted by atomic mass is 10.0. The lowest BCUT2D eigenvalue weighted by Gasteiger charge is -2.31. The van der Waals surface area contributed by atoms with Crippen molar-refractivity contribution < 1.29 is 14.2 Å². The van der Waals surface area contributed by atoms with E-state index < -0.39 is 0 Å². The van der Waals surface area contributed by atoms with E-state index in [4.69, 9.17) is 19.9 Å². The van der Waals surface area contributed by atoms with Crippen LogP contribution in [-0.4, -0.2) is 34.9 Å². The molecule has 1 aromatic rings. The molecule has 6 nitrogen and oxygen atoms in total. The largest absolute Gasteiger partial charge is 0.474 e. The van der Waals surface area contributed by atoms with E-state index in [1.807, 2.05) is 6.92 Å². The molecule has 1 saturated heterocycles. The van der Waals surface area contributed by atoms with E-state index in [2.05, 4.69) is 23.8 Å². The zero-order chi connectivity index (χ0) is 14.5. The maximum absolute atomic E-state index is 5.93. The van der Waals surface area contributed by atoms with Crippen molar-refractivity contribution in [2.24, 2.45) is 0 Å². The van der Waals surface area contributed by atoms with Crippen LogP contribution in [0.25, 0.3) is 0 Å². The van der Waals surface area contributed by atoms with Crippen LogP contribution in [0.3, 0.4) is 0 Å². The first kappa shape index (κ1) is 15.0. The number of rotatable bonds is 5. The molecule has 0 saturated carbocycles. The number of anilines is 1. The van der Waals surface area contributed by atoms with Crippen LogP contribution in [0.15, 0.2) is 6.07 Å². The van der Waals surface area contributed by atoms with Gasteiger partial charge in [0.25, 0.3) is 0 Å². The van der Waals surface area contributed by atoms with Crippen molar-refractivity contribution in [3.05, 3.63) is 11.9 Å². The zero-order valence-corrected chi connectivity index (χ0v) is 12.3. The van der Waals surface area contributed by atoms with Crippen LogP contribution in [0.4, 0.5) is 5.82 Å². The molecule has 1 aliphatic heterocycles. The van der Waals surface area contributed by atoms with Gasteiger partial charge < -0.3 is 19.9 Å². The number of nitrogen functional groups attached to an aromatic ring is 1. The lowest BCUT2D eigenvalue weighted by Crippen LogP contribution is -2.35. The summed E-state index contributed by atoms with van der Waals surface area (Å²) in [6.45, 7) is 7.00. The number of nitrogens with two attached hydrogens (primary N) is 1. The molecule has 1 fully saturated rings. The quantitative estimate of drug-likeness (QED) is 0.888. The van der Waals surface area contributed by atoms with Gasteiger partial charge in [0.1, 0.15) is 18.5 Å². The third-order valence-electron chi connectivity index (χ3n) is 3.15. The first-order valence-electron chi connectivity index (χ1n) is 7.10. The molecule has 2 N–H and O–H groups in total.